The molecule has 1 amide bonds. The summed E-state index contributed by atoms with van der Waals surface area (Å²) in [5, 5.41) is 6.22. The van der Waals surface area contributed by atoms with E-state index in [2.05, 4.69) is 15.6 Å². The Morgan fingerprint density at radius 2 is 2.32 bits per heavy atom. The first-order valence-corrected chi connectivity index (χ1v) is 6.94. The summed E-state index contributed by atoms with van der Waals surface area (Å²) in [6, 6.07) is 4.08. The molecule has 0 radical (unpaired) electrons. The third-order valence-corrected chi connectivity index (χ3v) is 3.48. The average molecular weight is 261 g/mol. The molecule has 102 valence electrons. The predicted molar refractivity (Wildman–Crippen MR) is 72.2 cm³/mol. The van der Waals surface area contributed by atoms with Crippen LogP contribution in [-0.2, 0) is 4.74 Å². The van der Waals surface area contributed by atoms with E-state index < -0.39 is 0 Å². The lowest BCUT2D eigenvalue weighted by Gasteiger charge is -2.13. The number of carbonyl (C=O) groups excluding carboxylic acids is 1. The van der Waals surface area contributed by atoms with Gasteiger partial charge in [-0.2, -0.15) is 0 Å². The second-order valence-corrected chi connectivity index (χ2v) is 5.16. The van der Waals surface area contributed by atoms with Crippen LogP contribution in [0.2, 0.25) is 0 Å². The molecule has 0 spiro atoms. The molecular weight excluding hydrogens is 242 g/mol. The molecule has 2 fully saturated rings. The van der Waals surface area contributed by atoms with E-state index in [1.165, 1.54) is 0 Å². The van der Waals surface area contributed by atoms with E-state index in [1.807, 2.05) is 6.07 Å². The van der Waals surface area contributed by atoms with Gasteiger partial charge in [0.25, 0.3) is 5.91 Å². The molecule has 0 bridgehead atoms. The van der Waals surface area contributed by atoms with Crippen molar-refractivity contribution in [1.82, 2.24) is 10.3 Å². The maximum atomic E-state index is 12.2. The van der Waals surface area contributed by atoms with Crippen LogP contribution < -0.4 is 10.6 Å². The van der Waals surface area contributed by atoms with Crippen LogP contribution in [0.3, 0.4) is 0 Å². The smallest absolute Gasteiger partial charge is 0.255 e. The molecule has 0 aromatic carbocycles. The summed E-state index contributed by atoms with van der Waals surface area (Å²) in [4.78, 5) is 16.4. The van der Waals surface area contributed by atoms with Crippen molar-refractivity contribution < 1.29 is 9.53 Å². The lowest BCUT2D eigenvalue weighted by Crippen LogP contribution is -2.32. The van der Waals surface area contributed by atoms with Crippen molar-refractivity contribution in [2.24, 2.45) is 0 Å². The Bertz CT molecular complexity index is 454. The van der Waals surface area contributed by atoms with E-state index in [1.54, 1.807) is 12.3 Å². The fraction of sp³-hybridized carbons (Fsp3) is 0.571. The van der Waals surface area contributed by atoms with Crippen molar-refractivity contribution in [2.75, 3.05) is 18.5 Å². The molecule has 2 N–H and O–H groups in total. The number of aromatic nitrogens is 1. The third kappa shape index (κ3) is 3.23. The number of hydrogen-bond acceptors (Lipinski definition) is 4. The zero-order chi connectivity index (χ0) is 13.1. The number of amides is 1. The predicted octanol–water partition coefficient (Wildman–Crippen LogP) is 1.56. The van der Waals surface area contributed by atoms with Gasteiger partial charge < -0.3 is 15.4 Å². The number of nitrogens with zero attached hydrogens (tertiary/aromatic N) is 1. The van der Waals surface area contributed by atoms with E-state index in [9.17, 15) is 4.79 Å². The van der Waals surface area contributed by atoms with Gasteiger partial charge in [-0.3, -0.25) is 4.79 Å². The summed E-state index contributed by atoms with van der Waals surface area (Å²) < 4.78 is 5.50. The number of carbonyl (C=O) groups is 1. The molecule has 1 saturated heterocycles. The highest BCUT2D eigenvalue weighted by atomic mass is 16.5. The Balaban J connectivity index is 1.61. The van der Waals surface area contributed by atoms with Crippen molar-refractivity contribution in [2.45, 2.75) is 37.8 Å². The SMILES string of the molecule is O=C(NCC1CCCO1)c1cccnc1NC1CC1. The molecule has 1 atom stereocenters. The number of ether oxygens (including phenoxy) is 1. The Hall–Kier alpha value is -1.62. The van der Waals surface area contributed by atoms with Crippen molar-refractivity contribution in [3.63, 3.8) is 0 Å². The first-order valence-electron chi connectivity index (χ1n) is 6.94. The van der Waals surface area contributed by atoms with E-state index >= 15 is 0 Å². The van der Waals surface area contributed by atoms with Gasteiger partial charge in [0.05, 0.1) is 11.7 Å². The first-order chi connectivity index (χ1) is 9.33. The van der Waals surface area contributed by atoms with Crippen molar-refractivity contribution >= 4 is 11.7 Å². The molecular formula is C14H19N3O2. The summed E-state index contributed by atoms with van der Waals surface area (Å²) in [5.41, 5.74) is 0.618. The Morgan fingerprint density at radius 3 is 3.05 bits per heavy atom. The molecule has 1 aromatic rings. The highest BCUT2D eigenvalue weighted by Crippen LogP contribution is 2.25. The van der Waals surface area contributed by atoms with Gasteiger partial charge in [-0.25, -0.2) is 4.98 Å². The summed E-state index contributed by atoms with van der Waals surface area (Å²) in [5.74, 6) is 0.613. The fourth-order valence-corrected chi connectivity index (χ4v) is 2.23. The molecule has 1 aromatic heterocycles. The number of rotatable bonds is 5. The van der Waals surface area contributed by atoms with Gasteiger partial charge in [-0.1, -0.05) is 0 Å². The minimum absolute atomic E-state index is 0.0771. The summed E-state index contributed by atoms with van der Waals surface area (Å²) in [7, 11) is 0. The second-order valence-electron chi connectivity index (χ2n) is 5.16. The summed E-state index contributed by atoms with van der Waals surface area (Å²) in [6.45, 7) is 1.39. The number of anilines is 1. The topological polar surface area (TPSA) is 63.2 Å². The van der Waals surface area contributed by atoms with Crippen LogP contribution in [0.4, 0.5) is 5.82 Å². The van der Waals surface area contributed by atoms with Gasteiger partial charge in [0.15, 0.2) is 0 Å². The molecule has 19 heavy (non-hydrogen) atoms. The van der Waals surface area contributed by atoms with E-state index in [0.29, 0.717) is 24.0 Å². The van der Waals surface area contributed by atoms with E-state index in [0.717, 1.165) is 32.3 Å². The molecule has 5 nitrogen and oxygen atoms in total. The zero-order valence-corrected chi connectivity index (χ0v) is 10.9. The van der Waals surface area contributed by atoms with Crippen LogP contribution >= 0.6 is 0 Å². The lowest BCUT2D eigenvalue weighted by molar-refractivity contribution is 0.0858. The molecule has 1 unspecified atom stereocenters. The molecule has 2 aliphatic rings. The first kappa shape index (κ1) is 12.4. The minimum atomic E-state index is -0.0771. The van der Waals surface area contributed by atoms with Crippen LogP contribution in [0, 0.1) is 0 Å². The molecule has 1 saturated carbocycles. The van der Waals surface area contributed by atoms with Crippen molar-refractivity contribution in [1.29, 1.82) is 0 Å². The van der Waals surface area contributed by atoms with Crippen molar-refractivity contribution in [3.05, 3.63) is 23.9 Å². The van der Waals surface area contributed by atoms with Gasteiger partial charge in [-0.15, -0.1) is 0 Å². The Kier molecular flexibility index (Phi) is 3.64. The van der Waals surface area contributed by atoms with Gasteiger partial charge in [-0.05, 0) is 37.8 Å². The Labute approximate surface area is 112 Å². The zero-order valence-electron chi connectivity index (χ0n) is 10.9. The lowest BCUT2D eigenvalue weighted by atomic mass is 10.2. The standard InChI is InChI=1S/C14H19N3O2/c18-14(16-9-11-3-2-8-19-11)12-4-1-7-15-13(12)17-10-5-6-10/h1,4,7,10-11H,2-3,5-6,8-9H2,(H,15,17)(H,16,18). The summed E-state index contributed by atoms with van der Waals surface area (Å²) in [6.07, 6.45) is 6.31. The monoisotopic (exact) mass is 261 g/mol. The molecule has 3 rings (SSSR count). The maximum Gasteiger partial charge on any atom is 0.255 e. The van der Waals surface area contributed by atoms with Crippen LogP contribution in [0.1, 0.15) is 36.0 Å². The van der Waals surface area contributed by atoms with Gasteiger partial charge in [0.1, 0.15) is 5.82 Å². The number of hydrogen-bond donors (Lipinski definition) is 2. The molecule has 1 aliphatic heterocycles. The highest BCUT2D eigenvalue weighted by Gasteiger charge is 2.24. The fourth-order valence-electron chi connectivity index (χ4n) is 2.23. The van der Waals surface area contributed by atoms with Crippen LogP contribution in [0.15, 0.2) is 18.3 Å². The van der Waals surface area contributed by atoms with Gasteiger partial charge in [0.2, 0.25) is 0 Å². The van der Waals surface area contributed by atoms with Crippen LogP contribution in [-0.4, -0.2) is 36.2 Å². The molecule has 2 heterocycles. The average Bonchev–Trinajstić information content (AvgIpc) is 3.09. The van der Waals surface area contributed by atoms with Crippen LogP contribution in [0.5, 0.6) is 0 Å². The van der Waals surface area contributed by atoms with Gasteiger partial charge >= 0.3 is 0 Å². The third-order valence-electron chi connectivity index (χ3n) is 3.48. The highest BCUT2D eigenvalue weighted by molar-refractivity contribution is 5.98. The molecule has 5 heteroatoms. The van der Waals surface area contributed by atoms with Crippen LogP contribution in [0.25, 0.3) is 0 Å². The molecule has 1 aliphatic carbocycles. The van der Waals surface area contributed by atoms with Gasteiger partial charge in [0, 0.05) is 25.4 Å². The minimum Gasteiger partial charge on any atom is -0.376 e. The normalized spacial score (nSPS) is 22.2. The van der Waals surface area contributed by atoms with E-state index in [-0.39, 0.29) is 12.0 Å². The number of nitrogens with one attached hydrogen (secondary N) is 2. The Morgan fingerprint density at radius 1 is 1.42 bits per heavy atom. The number of pyridine rings is 1. The maximum absolute atomic E-state index is 12.2. The quantitative estimate of drug-likeness (QED) is 0.844. The second kappa shape index (κ2) is 5.57. The largest absolute Gasteiger partial charge is 0.376 e. The van der Waals surface area contributed by atoms with Crippen molar-refractivity contribution in [3.8, 4) is 0 Å². The van der Waals surface area contributed by atoms with E-state index in [4.69, 9.17) is 4.74 Å². The summed E-state index contributed by atoms with van der Waals surface area (Å²) >= 11 is 0.